The van der Waals surface area contributed by atoms with Gasteiger partial charge in [-0.3, -0.25) is 14.9 Å². The smallest absolute Gasteiger partial charge is 0.425 e. The highest BCUT2D eigenvalue weighted by Crippen LogP contribution is 2.45. The van der Waals surface area contributed by atoms with Crippen LogP contribution in [0.15, 0.2) is 29.5 Å². The van der Waals surface area contributed by atoms with Crippen LogP contribution in [-0.2, 0) is 14.3 Å². The van der Waals surface area contributed by atoms with Crippen LogP contribution in [0.4, 0.5) is 24.0 Å². The fraction of sp³-hybridized carbons (Fsp3) is 0.267. The summed E-state index contributed by atoms with van der Waals surface area (Å²) in [5.41, 5.74) is -4.73. The van der Waals surface area contributed by atoms with E-state index in [1.807, 2.05) is 10.6 Å². The third-order valence-corrected chi connectivity index (χ3v) is 5.02. The van der Waals surface area contributed by atoms with Gasteiger partial charge in [-0.1, -0.05) is 11.3 Å². The number of nitro groups is 1. The molecule has 2 heterocycles. The molecule has 2 aromatic rings. The summed E-state index contributed by atoms with van der Waals surface area (Å²) in [5.74, 6) is -2.85. The number of aromatic nitrogens is 1. The van der Waals surface area contributed by atoms with Gasteiger partial charge in [-0.2, -0.15) is 13.2 Å². The molecule has 1 unspecified atom stereocenters. The number of carbonyl (C=O) groups is 2. The Bertz CT molecular complexity index is 1050. The Morgan fingerprint density at radius 3 is 2.68 bits per heavy atom. The van der Waals surface area contributed by atoms with Crippen LogP contribution in [0.3, 0.4) is 0 Å². The Kier molecular flexibility index (Phi) is 4.49. The summed E-state index contributed by atoms with van der Waals surface area (Å²) in [6.07, 6.45) is -5.22. The number of fused-ring (bicyclic) bond motifs is 1. The summed E-state index contributed by atoms with van der Waals surface area (Å²) in [6.45, 7) is 1.14. The van der Waals surface area contributed by atoms with E-state index in [-0.39, 0.29) is 26.7 Å². The Balaban J connectivity index is 2.14. The molecule has 0 saturated carbocycles. The van der Waals surface area contributed by atoms with Crippen molar-refractivity contribution in [2.75, 3.05) is 12.4 Å². The zero-order valence-electron chi connectivity index (χ0n) is 14.2. The molecule has 9 nitrogen and oxygen atoms in total. The fourth-order valence-electron chi connectivity index (χ4n) is 2.83. The van der Waals surface area contributed by atoms with Crippen LogP contribution in [0, 0.1) is 10.1 Å². The van der Waals surface area contributed by atoms with Gasteiger partial charge < -0.3 is 15.4 Å². The minimum absolute atomic E-state index is 0.189. The number of esters is 1. The maximum absolute atomic E-state index is 14.0. The second kappa shape index (κ2) is 6.44. The van der Waals surface area contributed by atoms with Crippen molar-refractivity contribution in [3.8, 4) is 0 Å². The number of methoxy groups -OCH3 is 1. The fourth-order valence-corrected chi connectivity index (χ4v) is 3.79. The number of alkyl halides is 3. The number of allylic oxidation sites excluding steroid dienone is 1. The van der Waals surface area contributed by atoms with Crippen LogP contribution in [0.25, 0.3) is 10.2 Å². The van der Waals surface area contributed by atoms with Gasteiger partial charge in [-0.15, -0.1) is 0 Å². The molecule has 1 aliphatic heterocycles. The molecule has 1 aromatic heterocycles. The van der Waals surface area contributed by atoms with E-state index in [4.69, 9.17) is 0 Å². The van der Waals surface area contributed by atoms with E-state index in [2.05, 4.69) is 9.72 Å². The highest BCUT2D eigenvalue weighted by molar-refractivity contribution is 7.22. The van der Waals surface area contributed by atoms with Gasteiger partial charge in [0.15, 0.2) is 5.13 Å². The number of nitrogens with one attached hydrogen (secondary N) is 2. The summed E-state index contributed by atoms with van der Waals surface area (Å²) in [6, 6.07) is 3.57. The molecule has 1 aliphatic rings. The number of nitro benzene ring substituents is 1. The van der Waals surface area contributed by atoms with Crippen LogP contribution in [0.5, 0.6) is 0 Å². The lowest BCUT2D eigenvalue weighted by atomic mass is 9.89. The van der Waals surface area contributed by atoms with Gasteiger partial charge in [0.2, 0.25) is 5.54 Å². The van der Waals surface area contributed by atoms with Crippen LogP contribution in [-0.4, -0.2) is 40.6 Å². The van der Waals surface area contributed by atoms with E-state index in [1.54, 1.807) is 0 Å². The van der Waals surface area contributed by atoms with Crippen molar-refractivity contribution in [3.05, 3.63) is 39.6 Å². The molecule has 0 aliphatic carbocycles. The first-order valence-corrected chi connectivity index (χ1v) is 8.34. The van der Waals surface area contributed by atoms with Crippen LogP contribution in [0.1, 0.15) is 6.92 Å². The van der Waals surface area contributed by atoms with Gasteiger partial charge in [0.25, 0.3) is 11.6 Å². The summed E-state index contributed by atoms with van der Waals surface area (Å²) >= 11 is 0.674. The number of non-ortho nitro benzene ring substituents is 1. The third-order valence-electron chi connectivity index (χ3n) is 4.08. The topological polar surface area (TPSA) is 123 Å². The molecule has 1 aromatic carbocycles. The number of ether oxygens (including phenoxy) is 1. The molecule has 0 spiro atoms. The Labute approximate surface area is 158 Å². The molecule has 13 heteroatoms. The van der Waals surface area contributed by atoms with Crippen LogP contribution >= 0.6 is 11.3 Å². The van der Waals surface area contributed by atoms with E-state index in [1.165, 1.54) is 6.07 Å². The summed E-state index contributed by atoms with van der Waals surface area (Å²) in [7, 11) is 0.892. The Morgan fingerprint density at radius 2 is 2.11 bits per heavy atom. The number of benzene rings is 1. The number of hydrogen-bond donors (Lipinski definition) is 2. The lowest BCUT2D eigenvalue weighted by molar-refractivity contribution is -0.384. The number of nitrogens with zero attached hydrogens (tertiary/aromatic N) is 2. The SMILES string of the molecule is COC(=O)C1=C(C)NC(=O)C1(Nc1nc2ccc([N+](=O)[O-])cc2s1)C(F)(F)F. The first-order chi connectivity index (χ1) is 13.0. The van der Waals surface area contributed by atoms with Gasteiger partial charge in [-0.25, -0.2) is 9.78 Å². The zero-order chi connectivity index (χ0) is 20.9. The van der Waals surface area contributed by atoms with E-state index in [0.29, 0.717) is 11.3 Å². The van der Waals surface area contributed by atoms with Gasteiger partial charge in [0.1, 0.15) is 5.57 Å². The predicted octanol–water partition coefficient (Wildman–Crippen LogP) is 2.49. The second-order valence-electron chi connectivity index (χ2n) is 5.75. The van der Waals surface area contributed by atoms with Crippen molar-refractivity contribution in [2.24, 2.45) is 0 Å². The van der Waals surface area contributed by atoms with E-state index in [9.17, 15) is 32.9 Å². The van der Waals surface area contributed by atoms with Crippen molar-refractivity contribution in [1.82, 2.24) is 10.3 Å². The largest absolute Gasteiger partial charge is 0.466 e. The number of carbonyl (C=O) groups excluding carboxylic acids is 2. The van der Waals surface area contributed by atoms with Gasteiger partial charge in [0.05, 0.1) is 22.2 Å². The van der Waals surface area contributed by atoms with Crippen molar-refractivity contribution in [2.45, 2.75) is 18.6 Å². The number of thiazole rings is 1. The molecular formula is C15H11F3N4O5S. The number of anilines is 1. The molecule has 1 atom stereocenters. The summed E-state index contributed by atoms with van der Waals surface area (Å²) in [4.78, 5) is 38.4. The summed E-state index contributed by atoms with van der Waals surface area (Å²) in [5, 5.41) is 14.5. The van der Waals surface area contributed by atoms with E-state index >= 15 is 0 Å². The average molecular weight is 416 g/mol. The first-order valence-electron chi connectivity index (χ1n) is 7.52. The number of hydrogen-bond acceptors (Lipinski definition) is 8. The molecule has 2 N–H and O–H groups in total. The molecule has 0 radical (unpaired) electrons. The predicted molar refractivity (Wildman–Crippen MR) is 91.5 cm³/mol. The molecule has 0 bridgehead atoms. The lowest BCUT2D eigenvalue weighted by Crippen LogP contribution is -2.60. The molecule has 28 heavy (non-hydrogen) atoms. The molecule has 148 valence electrons. The van der Waals surface area contributed by atoms with Crippen molar-refractivity contribution in [1.29, 1.82) is 0 Å². The average Bonchev–Trinajstić information content (AvgIpc) is 3.11. The Hall–Kier alpha value is -3.22. The second-order valence-corrected chi connectivity index (χ2v) is 6.78. The number of amides is 1. The highest BCUT2D eigenvalue weighted by Gasteiger charge is 2.68. The third kappa shape index (κ3) is 2.83. The standard InChI is InChI=1S/C15H11F3N4O5S/c1-6-10(11(23)27-2)14(12(24)19-6,15(16,17)18)21-13-20-8-4-3-7(22(25)26)5-9(8)28-13/h3-5H,1-2H3,(H,19,24)(H,20,21). The van der Waals surface area contributed by atoms with Crippen molar-refractivity contribution >= 4 is 44.2 Å². The van der Waals surface area contributed by atoms with Crippen molar-refractivity contribution < 1.29 is 32.4 Å². The minimum Gasteiger partial charge on any atom is -0.466 e. The first kappa shape index (κ1) is 19.5. The van der Waals surface area contributed by atoms with Gasteiger partial charge >= 0.3 is 12.1 Å². The molecule has 3 rings (SSSR count). The van der Waals surface area contributed by atoms with Gasteiger partial charge in [0, 0.05) is 17.8 Å². The quantitative estimate of drug-likeness (QED) is 0.446. The maximum atomic E-state index is 14.0. The van der Waals surface area contributed by atoms with Crippen LogP contribution in [0.2, 0.25) is 0 Å². The van der Waals surface area contributed by atoms with Crippen molar-refractivity contribution in [3.63, 3.8) is 0 Å². The normalized spacial score (nSPS) is 19.7. The number of halogens is 3. The minimum atomic E-state index is -5.22. The van der Waals surface area contributed by atoms with E-state index < -0.39 is 34.1 Å². The highest BCUT2D eigenvalue weighted by atomic mass is 32.1. The Morgan fingerprint density at radius 1 is 1.43 bits per heavy atom. The van der Waals surface area contributed by atoms with E-state index in [0.717, 1.165) is 26.2 Å². The van der Waals surface area contributed by atoms with Gasteiger partial charge in [-0.05, 0) is 13.0 Å². The van der Waals surface area contributed by atoms with Crippen LogP contribution < -0.4 is 10.6 Å². The molecular weight excluding hydrogens is 405 g/mol. The maximum Gasteiger partial charge on any atom is 0.425 e. The lowest BCUT2D eigenvalue weighted by Gasteiger charge is -2.31. The zero-order valence-corrected chi connectivity index (χ0v) is 15.0. The summed E-state index contributed by atoms with van der Waals surface area (Å²) < 4.78 is 46.7. The molecule has 0 fully saturated rings. The molecule has 1 amide bonds. The number of rotatable bonds is 4. The molecule has 0 saturated heterocycles. The monoisotopic (exact) mass is 416 g/mol.